The van der Waals surface area contributed by atoms with Gasteiger partial charge in [0.25, 0.3) is 5.91 Å². The van der Waals surface area contributed by atoms with Gasteiger partial charge < -0.3 is 10.1 Å². The monoisotopic (exact) mass is 420 g/mol. The average Bonchev–Trinajstić information content (AvgIpc) is 3.25. The number of halogens is 1. The summed E-state index contributed by atoms with van der Waals surface area (Å²) in [6, 6.07) is 22.4. The molecule has 0 spiro atoms. The fraction of sp³-hybridized carbons (Fsp3) is 0.0435. The number of rotatable bonds is 5. The molecule has 1 heterocycles. The number of thiazole rings is 1. The number of methoxy groups -OCH3 is 1. The molecule has 0 radical (unpaired) electrons. The molecule has 0 unspecified atom stereocenters. The Balaban J connectivity index is 1.56. The van der Waals surface area contributed by atoms with E-state index in [2.05, 4.69) is 5.32 Å². The van der Waals surface area contributed by atoms with E-state index in [1.807, 2.05) is 60.0 Å². The fourth-order valence-electron chi connectivity index (χ4n) is 2.92. The highest BCUT2D eigenvalue weighted by Crippen LogP contribution is 2.31. The molecule has 4 rings (SSSR count). The molecule has 4 aromatic rings. The number of anilines is 1. The van der Waals surface area contributed by atoms with Gasteiger partial charge in [-0.05, 0) is 36.4 Å². The number of hydrogen-bond donors (Lipinski definition) is 1. The zero-order valence-corrected chi connectivity index (χ0v) is 17.1. The normalized spacial score (nSPS) is 10.6. The maximum absolute atomic E-state index is 12.6. The molecule has 0 aliphatic carbocycles. The van der Waals surface area contributed by atoms with E-state index in [9.17, 15) is 4.79 Å². The SMILES string of the molecule is COc1ccccc1C(=O)Nc1cccc(-c2csc(-c3ccc(Cl)cc3)n2)c1. The Labute approximate surface area is 177 Å². The van der Waals surface area contributed by atoms with Crippen molar-refractivity contribution in [3.63, 3.8) is 0 Å². The van der Waals surface area contributed by atoms with Gasteiger partial charge in [0.15, 0.2) is 0 Å². The highest BCUT2D eigenvalue weighted by Gasteiger charge is 2.13. The topological polar surface area (TPSA) is 51.2 Å². The lowest BCUT2D eigenvalue weighted by atomic mass is 10.1. The Hall–Kier alpha value is -3.15. The molecule has 0 bridgehead atoms. The molecule has 0 saturated carbocycles. The lowest BCUT2D eigenvalue weighted by Crippen LogP contribution is -2.13. The summed E-state index contributed by atoms with van der Waals surface area (Å²) in [5.74, 6) is 0.313. The van der Waals surface area contributed by atoms with Crippen LogP contribution < -0.4 is 10.1 Å². The van der Waals surface area contributed by atoms with Gasteiger partial charge in [0.1, 0.15) is 10.8 Å². The Morgan fingerprint density at radius 2 is 1.79 bits per heavy atom. The first kappa shape index (κ1) is 19.2. The minimum atomic E-state index is -0.222. The van der Waals surface area contributed by atoms with Gasteiger partial charge in [0.2, 0.25) is 0 Å². The van der Waals surface area contributed by atoms with Crippen molar-refractivity contribution >= 4 is 34.5 Å². The van der Waals surface area contributed by atoms with Crippen LogP contribution in [0, 0.1) is 0 Å². The first-order valence-corrected chi connectivity index (χ1v) is 10.2. The molecule has 6 heteroatoms. The van der Waals surface area contributed by atoms with Gasteiger partial charge in [0, 0.05) is 27.2 Å². The Bertz CT molecular complexity index is 1160. The van der Waals surface area contributed by atoms with E-state index in [4.69, 9.17) is 21.3 Å². The fourth-order valence-corrected chi connectivity index (χ4v) is 3.88. The van der Waals surface area contributed by atoms with Crippen molar-refractivity contribution in [1.82, 2.24) is 4.98 Å². The number of nitrogens with one attached hydrogen (secondary N) is 1. The number of hydrogen-bond acceptors (Lipinski definition) is 4. The van der Waals surface area contributed by atoms with Crippen LogP contribution in [0.1, 0.15) is 10.4 Å². The van der Waals surface area contributed by atoms with Crippen LogP contribution in [-0.2, 0) is 0 Å². The van der Waals surface area contributed by atoms with Crippen LogP contribution >= 0.6 is 22.9 Å². The lowest BCUT2D eigenvalue weighted by Gasteiger charge is -2.09. The summed E-state index contributed by atoms with van der Waals surface area (Å²) >= 11 is 7.53. The van der Waals surface area contributed by atoms with Crippen molar-refractivity contribution in [2.75, 3.05) is 12.4 Å². The van der Waals surface area contributed by atoms with Gasteiger partial charge in [-0.1, -0.05) is 48.0 Å². The van der Waals surface area contributed by atoms with Crippen molar-refractivity contribution in [2.45, 2.75) is 0 Å². The summed E-state index contributed by atoms with van der Waals surface area (Å²) in [5, 5.41) is 6.55. The minimum absolute atomic E-state index is 0.222. The first-order chi connectivity index (χ1) is 14.1. The highest BCUT2D eigenvalue weighted by molar-refractivity contribution is 7.13. The predicted octanol–water partition coefficient (Wildman–Crippen LogP) is 6.39. The van der Waals surface area contributed by atoms with Crippen LogP contribution in [0.5, 0.6) is 5.75 Å². The standard InChI is InChI=1S/C23H17ClN2O2S/c1-28-21-8-3-2-7-19(21)22(27)25-18-6-4-5-16(13-18)20-14-29-23(26-20)15-9-11-17(24)12-10-15/h2-14H,1H3,(H,25,27). The largest absolute Gasteiger partial charge is 0.496 e. The second kappa shape index (κ2) is 8.47. The molecule has 0 fully saturated rings. The van der Waals surface area contributed by atoms with Crippen molar-refractivity contribution in [2.24, 2.45) is 0 Å². The van der Waals surface area contributed by atoms with E-state index in [-0.39, 0.29) is 5.91 Å². The third-order valence-corrected chi connectivity index (χ3v) is 5.51. The molecule has 1 amide bonds. The molecule has 29 heavy (non-hydrogen) atoms. The molecular formula is C23H17ClN2O2S. The molecule has 4 nitrogen and oxygen atoms in total. The van der Waals surface area contributed by atoms with Crippen LogP contribution in [0.25, 0.3) is 21.8 Å². The van der Waals surface area contributed by atoms with Gasteiger partial charge in [-0.25, -0.2) is 4.98 Å². The van der Waals surface area contributed by atoms with Crippen molar-refractivity contribution in [1.29, 1.82) is 0 Å². The van der Waals surface area contributed by atoms with Crippen LogP contribution in [0.4, 0.5) is 5.69 Å². The zero-order chi connectivity index (χ0) is 20.2. The Morgan fingerprint density at radius 3 is 2.59 bits per heavy atom. The molecule has 0 atom stereocenters. The molecule has 0 saturated heterocycles. The third-order valence-electron chi connectivity index (χ3n) is 4.36. The van der Waals surface area contributed by atoms with Gasteiger partial charge in [0.05, 0.1) is 18.4 Å². The van der Waals surface area contributed by atoms with Gasteiger partial charge >= 0.3 is 0 Å². The number of benzene rings is 3. The van der Waals surface area contributed by atoms with Gasteiger partial charge in [-0.2, -0.15) is 0 Å². The summed E-state index contributed by atoms with van der Waals surface area (Å²) in [5.41, 5.74) is 3.98. The minimum Gasteiger partial charge on any atom is -0.496 e. The number of carbonyl (C=O) groups excluding carboxylic acids is 1. The summed E-state index contributed by atoms with van der Waals surface area (Å²) in [4.78, 5) is 17.4. The van der Waals surface area contributed by atoms with Crippen molar-refractivity contribution in [3.05, 3.63) is 88.8 Å². The van der Waals surface area contributed by atoms with Gasteiger partial charge in [-0.15, -0.1) is 11.3 Å². The summed E-state index contributed by atoms with van der Waals surface area (Å²) in [7, 11) is 1.55. The molecule has 0 aliphatic heterocycles. The molecule has 1 aromatic heterocycles. The summed E-state index contributed by atoms with van der Waals surface area (Å²) < 4.78 is 5.27. The van der Waals surface area contributed by atoms with E-state index in [1.165, 1.54) is 0 Å². The zero-order valence-electron chi connectivity index (χ0n) is 15.6. The number of para-hydroxylation sites is 1. The lowest BCUT2D eigenvalue weighted by molar-refractivity contribution is 0.102. The number of aromatic nitrogens is 1. The molecule has 1 N–H and O–H groups in total. The van der Waals surface area contributed by atoms with E-state index in [0.29, 0.717) is 22.0 Å². The van der Waals surface area contributed by atoms with E-state index >= 15 is 0 Å². The number of ether oxygens (including phenoxy) is 1. The van der Waals surface area contributed by atoms with E-state index in [1.54, 1.807) is 36.6 Å². The quantitative estimate of drug-likeness (QED) is 0.407. The van der Waals surface area contributed by atoms with E-state index < -0.39 is 0 Å². The average molecular weight is 421 g/mol. The second-order valence-corrected chi connectivity index (χ2v) is 7.57. The maximum Gasteiger partial charge on any atom is 0.259 e. The molecular weight excluding hydrogens is 404 g/mol. The predicted molar refractivity (Wildman–Crippen MR) is 119 cm³/mol. The molecule has 0 aliphatic rings. The number of amides is 1. The van der Waals surface area contributed by atoms with Gasteiger partial charge in [-0.3, -0.25) is 4.79 Å². The summed E-state index contributed by atoms with van der Waals surface area (Å²) in [6.45, 7) is 0. The van der Waals surface area contributed by atoms with Crippen molar-refractivity contribution < 1.29 is 9.53 Å². The Kier molecular flexibility index (Phi) is 5.60. The molecule has 3 aromatic carbocycles. The third kappa shape index (κ3) is 4.31. The smallest absolute Gasteiger partial charge is 0.259 e. The second-order valence-electron chi connectivity index (χ2n) is 6.28. The number of carbonyl (C=O) groups is 1. The van der Waals surface area contributed by atoms with Crippen LogP contribution in [-0.4, -0.2) is 18.0 Å². The Morgan fingerprint density at radius 1 is 1.00 bits per heavy atom. The number of nitrogens with zero attached hydrogens (tertiary/aromatic N) is 1. The molecule has 144 valence electrons. The van der Waals surface area contributed by atoms with Crippen molar-refractivity contribution in [3.8, 4) is 27.6 Å². The first-order valence-electron chi connectivity index (χ1n) is 8.90. The van der Waals surface area contributed by atoms with Crippen LogP contribution in [0.15, 0.2) is 78.2 Å². The van der Waals surface area contributed by atoms with E-state index in [0.717, 1.165) is 21.8 Å². The van der Waals surface area contributed by atoms with Crippen LogP contribution in [0.3, 0.4) is 0 Å². The highest BCUT2D eigenvalue weighted by atomic mass is 35.5. The van der Waals surface area contributed by atoms with Crippen LogP contribution in [0.2, 0.25) is 5.02 Å². The summed E-state index contributed by atoms with van der Waals surface area (Å²) in [6.07, 6.45) is 0. The maximum atomic E-state index is 12.6.